The van der Waals surface area contributed by atoms with Crippen LogP contribution in [0.2, 0.25) is 0 Å². The minimum Gasteiger partial charge on any atom is -0.313 e. The second-order valence-corrected chi connectivity index (χ2v) is 13.8. The molecular formula is C35H71NO7S. The van der Waals surface area contributed by atoms with Gasteiger partial charge in [0.05, 0.1) is 0 Å². The summed E-state index contributed by atoms with van der Waals surface area (Å²) in [5.74, 6) is -0.259. The van der Waals surface area contributed by atoms with Gasteiger partial charge in [-0.25, -0.2) is 0 Å². The van der Waals surface area contributed by atoms with Crippen molar-refractivity contribution >= 4 is 22.0 Å². The van der Waals surface area contributed by atoms with Gasteiger partial charge in [-0.3, -0.25) is 18.7 Å². The number of Topliss-reactive ketones (excluding diaryl/α,β-unsaturated/α-hetero) is 2. The van der Waals surface area contributed by atoms with Crippen molar-refractivity contribution in [2.75, 3.05) is 7.05 Å². The predicted molar refractivity (Wildman–Crippen MR) is 183 cm³/mol. The lowest BCUT2D eigenvalue weighted by atomic mass is 9.85. The highest BCUT2D eigenvalue weighted by molar-refractivity contribution is 7.79. The van der Waals surface area contributed by atoms with Crippen LogP contribution in [-0.2, 0) is 20.0 Å². The fraction of sp³-hybridized carbons (Fsp3) is 0.943. The predicted octanol–water partition coefficient (Wildman–Crippen LogP) is 10.5. The molecule has 0 saturated carbocycles. The van der Waals surface area contributed by atoms with E-state index in [9.17, 15) is 14.8 Å². The first-order valence-electron chi connectivity index (χ1n) is 18.1. The van der Waals surface area contributed by atoms with Crippen LogP contribution in [0.3, 0.4) is 0 Å². The van der Waals surface area contributed by atoms with Crippen LogP contribution in [-0.4, -0.2) is 51.9 Å². The monoisotopic (exact) mass is 649 g/mol. The Morgan fingerprint density at radius 1 is 0.500 bits per heavy atom. The second-order valence-electron chi connectivity index (χ2n) is 12.9. The van der Waals surface area contributed by atoms with Gasteiger partial charge >= 0.3 is 10.4 Å². The molecule has 0 fully saturated rings. The molecule has 0 aliphatic heterocycles. The zero-order valence-electron chi connectivity index (χ0n) is 29.1. The van der Waals surface area contributed by atoms with E-state index in [0.29, 0.717) is 12.8 Å². The molecular weight excluding hydrogens is 578 g/mol. The molecule has 0 unspecified atom stereocenters. The number of ketones is 2. The lowest BCUT2D eigenvalue weighted by Crippen LogP contribution is -2.55. The van der Waals surface area contributed by atoms with Gasteiger partial charge in [-0.05, 0) is 19.8 Å². The minimum absolute atomic E-state index is 0.129. The Morgan fingerprint density at radius 3 is 0.864 bits per heavy atom. The van der Waals surface area contributed by atoms with Gasteiger partial charge in [0, 0.05) is 19.9 Å². The summed E-state index contributed by atoms with van der Waals surface area (Å²) in [6.07, 6.45) is 33.7. The number of rotatable bonds is 31. The van der Waals surface area contributed by atoms with E-state index in [4.69, 9.17) is 17.5 Å². The van der Waals surface area contributed by atoms with Crippen LogP contribution in [0.25, 0.3) is 0 Å². The lowest BCUT2D eigenvalue weighted by molar-refractivity contribution is -0.175. The maximum Gasteiger partial charge on any atom is 0.394 e. The molecule has 0 amide bonds. The fourth-order valence-corrected chi connectivity index (χ4v) is 5.61. The summed E-state index contributed by atoms with van der Waals surface area (Å²) >= 11 is 0. The zero-order chi connectivity index (χ0) is 33.5. The molecule has 0 saturated heterocycles. The molecule has 0 heterocycles. The van der Waals surface area contributed by atoms with Gasteiger partial charge in [0.25, 0.3) is 0 Å². The highest BCUT2D eigenvalue weighted by atomic mass is 32.3. The summed E-state index contributed by atoms with van der Waals surface area (Å²) in [6, 6.07) is 0. The summed E-state index contributed by atoms with van der Waals surface area (Å²) in [7, 11) is -3.22. The number of likely N-dealkylation sites (N-methyl/N-ethyl adjacent to an activating group) is 1. The maximum atomic E-state index is 13.0. The van der Waals surface area contributed by atoms with Gasteiger partial charge in [0.2, 0.25) is 0 Å². The lowest BCUT2D eigenvalue weighted by Gasteiger charge is -2.31. The van der Waals surface area contributed by atoms with E-state index in [2.05, 4.69) is 13.8 Å². The van der Waals surface area contributed by atoms with E-state index in [0.717, 1.165) is 43.6 Å². The SMILES string of the molecule is CCCCCCCCCCCCCCCC(=O)C(C)(C(=O)CCCCCCCCCCCCCCC)N(C)O.O=S(=O)(O)O. The van der Waals surface area contributed by atoms with Gasteiger partial charge in [-0.2, -0.15) is 13.5 Å². The Labute approximate surface area is 272 Å². The molecule has 0 atom stereocenters. The number of hydrogen-bond donors (Lipinski definition) is 3. The quantitative estimate of drug-likeness (QED) is 0.0292. The molecule has 3 N–H and O–H groups in total. The standard InChI is InChI=1S/C35H69NO3.H2O4S/c1-5-7-9-11-13-15-17-19-21-23-25-27-29-31-33(37)35(3,36(4)39)34(38)32-30-28-26-24-22-20-18-16-14-12-10-8-6-2;1-5(2,3)4/h39H,5-32H2,1-4H3;(H2,1,2,3,4). The molecule has 8 nitrogen and oxygen atoms in total. The molecule has 0 aromatic heterocycles. The van der Waals surface area contributed by atoms with Crippen LogP contribution < -0.4 is 0 Å². The van der Waals surface area contributed by atoms with Crippen LogP contribution in [0.4, 0.5) is 0 Å². The van der Waals surface area contributed by atoms with E-state index in [-0.39, 0.29) is 11.6 Å². The molecule has 0 aromatic carbocycles. The highest BCUT2D eigenvalue weighted by Gasteiger charge is 2.42. The van der Waals surface area contributed by atoms with Gasteiger partial charge < -0.3 is 5.21 Å². The van der Waals surface area contributed by atoms with Crippen molar-refractivity contribution in [2.24, 2.45) is 0 Å². The van der Waals surface area contributed by atoms with Crippen LogP contribution in [0.1, 0.15) is 201 Å². The van der Waals surface area contributed by atoms with Crippen molar-refractivity contribution in [3.8, 4) is 0 Å². The third kappa shape index (κ3) is 29.8. The van der Waals surface area contributed by atoms with E-state index in [1.54, 1.807) is 6.92 Å². The summed E-state index contributed by atoms with van der Waals surface area (Å²) < 4.78 is 31.6. The molecule has 0 aromatic rings. The fourth-order valence-electron chi connectivity index (χ4n) is 5.61. The Hall–Kier alpha value is -0.870. The minimum atomic E-state index is -4.67. The Balaban J connectivity index is 0. The van der Waals surface area contributed by atoms with Crippen LogP contribution in [0.15, 0.2) is 0 Å². The summed E-state index contributed by atoms with van der Waals surface area (Å²) in [4.78, 5) is 25.9. The third-order valence-electron chi connectivity index (χ3n) is 8.75. The number of hydroxylamine groups is 2. The first-order valence-corrected chi connectivity index (χ1v) is 19.5. The van der Waals surface area contributed by atoms with Gasteiger partial charge in [-0.15, -0.1) is 0 Å². The van der Waals surface area contributed by atoms with Crippen molar-refractivity contribution in [2.45, 2.75) is 206 Å². The Morgan fingerprint density at radius 2 is 0.682 bits per heavy atom. The average molecular weight is 650 g/mol. The Kier molecular flexibility index (Phi) is 31.6. The first kappa shape index (κ1) is 45.3. The van der Waals surface area contributed by atoms with E-state index < -0.39 is 15.9 Å². The average Bonchev–Trinajstić information content (AvgIpc) is 2.96. The Bertz CT molecular complexity index is 721. The topological polar surface area (TPSA) is 132 Å². The molecule has 9 heteroatoms. The summed E-state index contributed by atoms with van der Waals surface area (Å²) in [6.45, 7) is 6.14. The molecule has 0 spiro atoms. The number of hydrogen-bond acceptors (Lipinski definition) is 6. The second kappa shape index (κ2) is 30.8. The van der Waals surface area contributed by atoms with E-state index >= 15 is 0 Å². The van der Waals surface area contributed by atoms with Crippen molar-refractivity contribution in [3.63, 3.8) is 0 Å². The maximum absolute atomic E-state index is 13.0. The van der Waals surface area contributed by atoms with Crippen LogP contribution >= 0.6 is 0 Å². The molecule has 0 aliphatic carbocycles. The smallest absolute Gasteiger partial charge is 0.313 e. The number of unbranched alkanes of at least 4 members (excludes halogenated alkanes) is 24. The molecule has 0 aliphatic rings. The summed E-state index contributed by atoms with van der Waals surface area (Å²) in [5.41, 5.74) is -1.39. The molecule has 264 valence electrons. The number of nitrogens with zero attached hydrogens (tertiary/aromatic N) is 1. The van der Waals surface area contributed by atoms with Gasteiger partial charge in [0.15, 0.2) is 17.1 Å². The van der Waals surface area contributed by atoms with Crippen molar-refractivity contribution in [3.05, 3.63) is 0 Å². The van der Waals surface area contributed by atoms with Crippen LogP contribution in [0, 0.1) is 0 Å². The highest BCUT2D eigenvalue weighted by Crippen LogP contribution is 2.22. The van der Waals surface area contributed by atoms with Crippen molar-refractivity contribution in [1.29, 1.82) is 0 Å². The number of carbonyl (C=O) groups excluding carboxylic acids is 2. The largest absolute Gasteiger partial charge is 0.394 e. The number of carbonyl (C=O) groups is 2. The van der Waals surface area contributed by atoms with Gasteiger partial charge in [0.1, 0.15) is 0 Å². The van der Waals surface area contributed by atoms with E-state index in [1.165, 1.54) is 135 Å². The molecule has 0 radical (unpaired) electrons. The van der Waals surface area contributed by atoms with Crippen molar-refractivity contribution in [1.82, 2.24) is 5.06 Å². The van der Waals surface area contributed by atoms with Crippen molar-refractivity contribution < 1.29 is 32.3 Å². The van der Waals surface area contributed by atoms with Crippen LogP contribution in [0.5, 0.6) is 0 Å². The molecule has 0 bridgehead atoms. The summed E-state index contributed by atoms with van der Waals surface area (Å²) in [5, 5.41) is 11.1. The molecule has 0 rings (SSSR count). The molecule has 44 heavy (non-hydrogen) atoms. The van der Waals surface area contributed by atoms with E-state index in [1.807, 2.05) is 0 Å². The van der Waals surface area contributed by atoms with Gasteiger partial charge in [-0.1, -0.05) is 168 Å². The zero-order valence-corrected chi connectivity index (χ0v) is 29.9. The third-order valence-corrected chi connectivity index (χ3v) is 8.75. The first-order chi connectivity index (χ1) is 20.9. The normalized spacial score (nSPS) is 11.9.